The van der Waals surface area contributed by atoms with E-state index in [1.54, 1.807) is 7.11 Å². The van der Waals surface area contributed by atoms with Crippen LogP contribution in [0.3, 0.4) is 0 Å². The maximum atomic E-state index is 9.72. The minimum Gasteiger partial charge on any atom is -0.497 e. The summed E-state index contributed by atoms with van der Waals surface area (Å²) in [4.78, 5) is 2.14. The van der Waals surface area contributed by atoms with Crippen molar-refractivity contribution in [2.45, 2.75) is 32.4 Å². The van der Waals surface area contributed by atoms with Gasteiger partial charge in [-0.1, -0.05) is 25.5 Å². The summed E-state index contributed by atoms with van der Waals surface area (Å²) >= 11 is 0. The van der Waals surface area contributed by atoms with Gasteiger partial charge in [0.15, 0.2) is 0 Å². The molecule has 0 saturated heterocycles. The largest absolute Gasteiger partial charge is 0.497 e. The van der Waals surface area contributed by atoms with Crippen molar-refractivity contribution < 1.29 is 9.84 Å². The summed E-state index contributed by atoms with van der Waals surface area (Å²) in [5.41, 5.74) is 1.23. The van der Waals surface area contributed by atoms with Gasteiger partial charge in [0, 0.05) is 13.1 Å². The smallest absolute Gasteiger partial charge is 0.118 e. The molecule has 0 aliphatic rings. The molecule has 1 unspecified atom stereocenters. The number of aliphatic hydroxyl groups excluding tert-OH is 1. The van der Waals surface area contributed by atoms with E-state index in [0.717, 1.165) is 31.7 Å². The Labute approximate surface area is 104 Å². The maximum absolute atomic E-state index is 9.72. The maximum Gasteiger partial charge on any atom is 0.118 e. The summed E-state index contributed by atoms with van der Waals surface area (Å²) in [7, 11) is 3.70. The first-order valence-corrected chi connectivity index (χ1v) is 6.15. The topological polar surface area (TPSA) is 32.7 Å². The SMILES string of the molecule is CCCC(O)CN(C)Cc1ccc(OC)cc1. The van der Waals surface area contributed by atoms with E-state index in [0.29, 0.717) is 0 Å². The Kier molecular flexibility index (Phi) is 6.01. The van der Waals surface area contributed by atoms with Crippen LogP contribution >= 0.6 is 0 Å². The standard InChI is InChI=1S/C14H23NO2/c1-4-5-13(16)11-15(2)10-12-6-8-14(17-3)9-7-12/h6-9,13,16H,4-5,10-11H2,1-3H3. The van der Waals surface area contributed by atoms with Crippen molar-refractivity contribution >= 4 is 0 Å². The van der Waals surface area contributed by atoms with Crippen LogP contribution in [0.5, 0.6) is 5.75 Å². The highest BCUT2D eigenvalue weighted by molar-refractivity contribution is 5.26. The predicted octanol–water partition coefficient (Wildman–Crippen LogP) is 2.29. The van der Waals surface area contributed by atoms with Gasteiger partial charge in [-0.15, -0.1) is 0 Å². The van der Waals surface area contributed by atoms with Crippen LogP contribution in [0, 0.1) is 0 Å². The molecule has 1 rings (SSSR count). The second-order valence-corrected chi connectivity index (χ2v) is 4.49. The molecule has 0 amide bonds. The molecule has 1 N–H and O–H groups in total. The van der Waals surface area contributed by atoms with Crippen LogP contribution in [0.25, 0.3) is 0 Å². The zero-order chi connectivity index (χ0) is 12.7. The van der Waals surface area contributed by atoms with Crippen LogP contribution in [-0.2, 0) is 6.54 Å². The van der Waals surface area contributed by atoms with E-state index in [2.05, 4.69) is 24.0 Å². The molecular formula is C14H23NO2. The molecule has 0 aliphatic heterocycles. The van der Waals surface area contributed by atoms with Crippen LogP contribution in [0.1, 0.15) is 25.3 Å². The van der Waals surface area contributed by atoms with Crippen molar-refractivity contribution in [1.82, 2.24) is 4.90 Å². The first-order valence-electron chi connectivity index (χ1n) is 6.15. The van der Waals surface area contributed by atoms with Crippen LogP contribution in [-0.4, -0.2) is 36.8 Å². The molecule has 1 atom stereocenters. The van der Waals surface area contributed by atoms with Gasteiger partial charge in [0.2, 0.25) is 0 Å². The average Bonchev–Trinajstić information content (AvgIpc) is 2.30. The van der Waals surface area contributed by atoms with E-state index in [9.17, 15) is 5.11 Å². The molecule has 0 aromatic heterocycles. The van der Waals surface area contributed by atoms with E-state index < -0.39 is 0 Å². The minimum atomic E-state index is -0.219. The number of aliphatic hydroxyl groups is 1. The fraction of sp³-hybridized carbons (Fsp3) is 0.571. The molecule has 0 aliphatic carbocycles. The quantitative estimate of drug-likeness (QED) is 0.789. The van der Waals surface area contributed by atoms with Gasteiger partial charge in [-0.3, -0.25) is 4.90 Å². The highest BCUT2D eigenvalue weighted by Crippen LogP contribution is 2.12. The molecule has 17 heavy (non-hydrogen) atoms. The predicted molar refractivity (Wildman–Crippen MR) is 70.2 cm³/mol. The van der Waals surface area contributed by atoms with Crippen molar-refractivity contribution in [3.8, 4) is 5.75 Å². The number of likely N-dealkylation sites (N-methyl/N-ethyl adjacent to an activating group) is 1. The van der Waals surface area contributed by atoms with Crippen molar-refractivity contribution in [2.75, 3.05) is 20.7 Å². The number of hydrogen-bond donors (Lipinski definition) is 1. The van der Waals surface area contributed by atoms with E-state index >= 15 is 0 Å². The van der Waals surface area contributed by atoms with Crippen molar-refractivity contribution in [3.05, 3.63) is 29.8 Å². The first kappa shape index (κ1) is 14.0. The summed E-state index contributed by atoms with van der Waals surface area (Å²) in [6.45, 7) is 3.66. The number of methoxy groups -OCH3 is 1. The van der Waals surface area contributed by atoms with Gasteiger partial charge in [-0.05, 0) is 31.2 Å². The molecule has 96 valence electrons. The van der Waals surface area contributed by atoms with Crippen molar-refractivity contribution in [1.29, 1.82) is 0 Å². The van der Waals surface area contributed by atoms with Gasteiger partial charge in [-0.2, -0.15) is 0 Å². The Hall–Kier alpha value is -1.06. The van der Waals surface area contributed by atoms with Crippen LogP contribution in [0.15, 0.2) is 24.3 Å². The Morgan fingerprint density at radius 1 is 1.29 bits per heavy atom. The lowest BCUT2D eigenvalue weighted by Crippen LogP contribution is -2.28. The Bertz CT molecular complexity index is 311. The zero-order valence-electron chi connectivity index (χ0n) is 11.0. The summed E-state index contributed by atoms with van der Waals surface area (Å²) in [6.07, 6.45) is 1.67. The molecule has 0 radical (unpaired) electrons. The number of nitrogens with zero attached hydrogens (tertiary/aromatic N) is 1. The van der Waals surface area contributed by atoms with Gasteiger partial charge in [-0.25, -0.2) is 0 Å². The highest BCUT2D eigenvalue weighted by atomic mass is 16.5. The second kappa shape index (κ2) is 7.30. The molecule has 1 aromatic rings. The van der Waals surface area contributed by atoms with E-state index in [-0.39, 0.29) is 6.10 Å². The summed E-state index contributed by atoms with van der Waals surface area (Å²) in [5, 5.41) is 9.72. The van der Waals surface area contributed by atoms with Gasteiger partial charge >= 0.3 is 0 Å². The monoisotopic (exact) mass is 237 g/mol. The van der Waals surface area contributed by atoms with Crippen molar-refractivity contribution in [2.24, 2.45) is 0 Å². The van der Waals surface area contributed by atoms with Gasteiger partial charge in [0.05, 0.1) is 13.2 Å². The van der Waals surface area contributed by atoms with Gasteiger partial charge in [0.25, 0.3) is 0 Å². The molecule has 0 spiro atoms. The third-order valence-electron chi connectivity index (χ3n) is 2.76. The fourth-order valence-electron chi connectivity index (χ4n) is 1.89. The number of benzene rings is 1. The molecule has 0 heterocycles. The first-order chi connectivity index (χ1) is 8.15. The van der Waals surface area contributed by atoms with Crippen LogP contribution < -0.4 is 4.74 Å². The summed E-state index contributed by atoms with van der Waals surface area (Å²) in [6, 6.07) is 8.04. The third kappa shape index (κ3) is 5.20. The van der Waals surface area contributed by atoms with E-state index in [1.165, 1.54) is 5.56 Å². The number of hydrogen-bond acceptors (Lipinski definition) is 3. The lowest BCUT2D eigenvalue weighted by Gasteiger charge is -2.20. The Morgan fingerprint density at radius 3 is 2.47 bits per heavy atom. The normalized spacial score (nSPS) is 12.8. The third-order valence-corrected chi connectivity index (χ3v) is 2.76. The van der Waals surface area contributed by atoms with Crippen molar-refractivity contribution in [3.63, 3.8) is 0 Å². The van der Waals surface area contributed by atoms with Gasteiger partial charge in [0.1, 0.15) is 5.75 Å². The molecule has 3 heteroatoms. The average molecular weight is 237 g/mol. The summed E-state index contributed by atoms with van der Waals surface area (Å²) < 4.78 is 5.12. The fourth-order valence-corrected chi connectivity index (χ4v) is 1.89. The van der Waals surface area contributed by atoms with Crippen LogP contribution in [0.4, 0.5) is 0 Å². The highest BCUT2D eigenvalue weighted by Gasteiger charge is 2.07. The minimum absolute atomic E-state index is 0.219. The molecule has 0 saturated carbocycles. The second-order valence-electron chi connectivity index (χ2n) is 4.49. The molecule has 0 bridgehead atoms. The van der Waals surface area contributed by atoms with E-state index in [1.807, 2.05) is 19.2 Å². The molecular weight excluding hydrogens is 214 g/mol. The number of ether oxygens (including phenoxy) is 1. The van der Waals surface area contributed by atoms with Gasteiger partial charge < -0.3 is 9.84 Å². The molecule has 3 nitrogen and oxygen atoms in total. The lowest BCUT2D eigenvalue weighted by molar-refractivity contribution is 0.114. The molecule has 0 fully saturated rings. The lowest BCUT2D eigenvalue weighted by atomic mass is 10.1. The zero-order valence-corrected chi connectivity index (χ0v) is 11.0. The van der Waals surface area contributed by atoms with E-state index in [4.69, 9.17) is 4.74 Å². The Morgan fingerprint density at radius 2 is 1.94 bits per heavy atom. The Balaban J connectivity index is 2.41. The summed E-state index contributed by atoms with van der Waals surface area (Å²) in [5.74, 6) is 0.877. The number of rotatable bonds is 7. The molecule has 1 aromatic carbocycles. The van der Waals surface area contributed by atoms with Crippen LogP contribution in [0.2, 0.25) is 0 Å².